The van der Waals surface area contributed by atoms with Crippen LogP contribution < -0.4 is 5.32 Å². The molecule has 0 saturated heterocycles. The van der Waals surface area contributed by atoms with E-state index in [1.165, 1.54) is 24.3 Å². The van der Waals surface area contributed by atoms with Crippen LogP contribution in [0.4, 0.5) is 11.4 Å². The Balaban J connectivity index is 2.28. The highest BCUT2D eigenvalue weighted by atomic mass is 35.5. The third-order valence-corrected chi connectivity index (χ3v) is 12.1. The van der Waals surface area contributed by atoms with Gasteiger partial charge in [0.2, 0.25) is 11.6 Å². The lowest BCUT2D eigenvalue weighted by Crippen LogP contribution is -2.48. The molecule has 198 valence electrons. The van der Waals surface area contributed by atoms with Gasteiger partial charge in [-0.3, -0.25) is 19.7 Å². The van der Waals surface area contributed by atoms with Gasteiger partial charge < -0.3 is 9.74 Å². The van der Waals surface area contributed by atoms with Gasteiger partial charge in [-0.2, -0.15) is 0 Å². The van der Waals surface area contributed by atoms with Crippen molar-refractivity contribution >= 4 is 43.0 Å². The maximum absolute atomic E-state index is 13.4. The van der Waals surface area contributed by atoms with E-state index in [2.05, 4.69) is 44.0 Å². The normalized spacial score (nSPS) is 13.4. The molecule has 1 amide bonds. The molecule has 0 unspecified atom stereocenters. The first kappa shape index (κ1) is 30.2. The van der Waals surface area contributed by atoms with Crippen LogP contribution in [0.5, 0.6) is 0 Å². The molecule has 0 radical (unpaired) electrons. The first-order valence-corrected chi connectivity index (χ1v) is 15.3. The van der Waals surface area contributed by atoms with Crippen molar-refractivity contribution in [2.75, 3.05) is 6.54 Å². The van der Waals surface area contributed by atoms with E-state index in [1.807, 2.05) is 13.8 Å². The fourth-order valence-corrected chi connectivity index (χ4v) is 5.29. The molecule has 0 bridgehead atoms. The van der Waals surface area contributed by atoms with Gasteiger partial charge in [-0.1, -0.05) is 44.5 Å². The van der Waals surface area contributed by atoms with Gasteiger partial charge in [0.1, 0.15) is 0 Å². The summed E-state index contributed by atoms with van der Waals surface area (Å²) in [6.07, 6.45) is -0.133. The standard InChI is InChI=1S/C27H34ClN3O5Si/c1-17-20(11-14-23(29-6)25(17)28)15-22(18(2)36-37(7,8)27(3,4)5)26(33)30-16-24(32)19-9-12-21(13-10-19)31(34)35/h9-14,18,22H,15-16H2,1-5,7-8H3,(H,30,33)/t18-,22+/m0/s1. The van der Waals surface area contributed by atoms with Crippen molar-refractivity contribution in [3.05, 3.63) is 79.6 Å². The predicted octanol–water partition coefficient (Wildman–Crippen LogP) is 6.68. The number of rotatable bonds is 10. The zero-order valence-corrected chi connectivity index (χ0v) is 24.1. The second-order valence-corrected chi connectivity index (χ2v) is 15.8. The van der Waals surface area contributed by atoms with Gasteiger partial charge in [-0.05, 0) is 61.7 Å². The molecule has 37 heavy (non-hydrogen) atoms. The number of hydrogen-bond donors (Lipinski definition) is 1. The maximum atomic E-state index is 13.4. The summed E-state index contributed by atoms with van der Waals surface area (Å²) < 4.78 is 6.55. The predicted molar refractivity (Wildman–Crippen MR) is 148 cm³/mol. The zero-order valence-electron chi connectivity index (χ0n) is 22.3. The fraction of sp³-hybridized carbons (Fsp3) is 0.444. The second kappa shape index (κ2) is 12.0. The maximum Gasteiger partial charge on any atom is 0.269 e. The Labute approximate surface area is 224 Å². The highest BCUT2D eigenvalue weighted by molar-refractivity contribution is 6.74. The minimum absolute atomic E-state index is 0.0648. The van der Waals surface area contributed by atoms with Crippen LogP contribution in [0, 0.1) is 29.5 Å². The molecule has 10 heteroatoms. The molecule has 0 fully saturated rings. The Kier molecular flexibility index (Phi) is 9.77. The van der Waals surface area contributed by atoms with E-state index < -0.39 is 25.3 Å². The molecule has 0 aliphatic rings. The highest BCUT2D eigenvalue weighted by Crippen LogP contribution is 2.39. The summed E-state index contributed by atoms with van der Waals surface area (Å²) in [5, 5.41) is 13.9. The summed E-state index contributed by atoms with van der Waals surface area (Å²) in [6.45, 7) is 21.3. The molecule has 0 saturated carbocycles. The summed E-state index contributed by atoms with van der Waals surface area (Å²) in [4.78, 5) is 39.8. The summed E-state index contributed by atoms with van der Waals surface area (Å²) in [6, 6.07) is 8.70. The Bertz CT molecular complexity index is 1220. The number of nitrogens with one attached hydrogen (secondary N) is 1. The monoisotopic (exact) mass is 543 g/mol. The van der Waals surface area contributed by atoms with Crippen LogP contribution in [-0.4, -0.2) is 37.6 Å². The number of nitro groups is 1. The molecule has 0 spiro atoms. The van der Waals surface area contributed by atoms with Gasteiger partial charge in [0, 0.05) is 17.7 Å². The average Bonchev–Trinajstić information content (AvgIpc) is 2.82. The van der Waals surface area contributed by atoms with E-state index in [4.69, 9.17) is 22.6 Å². The van der Waals surface area contributed by atoms with Crippen molar-refractivity contribution in [1.82, 2.24) is 5.32 Å². The fourth-order valence-electron chi connectivity index (χ4n) is 3.62. The van der Waals surface area contributed by atoms with Crippen LogP contribution in [0.2, 0.25) is 23.2 Å². The number of non-ortho nitro benzene ring substituents is 1. The number of nitro benzene ring substituents is 1. The Morgan fingerprint density at radius 1 is 1.19 bits per heavy atom. The quantitative estimate of drug-likeness (QED) is 0.118. The van der Waals surface area contributed by atoms with Gasteiger partial charge >= 0.3 is 0 Å². The van der Waals surface area contributed by atoms with E-state index in [1.54, 1.807) is 12.1 Å². The molecule has 2 aromatic carbocycles. The Morgan fingerprint density at radius 3 is 2.30 bits per heavy atom. The van der Waals surface area contributed by atoms with Crippen LogP contribution in [0.15, 0.2) is 36.4 Å². The molecule has 0 heterocycles. The first-order valence-electron chi connectivity index (χ1n) is 12.0. The number of benzene rings is 2. The smallest absolute Gasteiger partial charge is 0.269 e. The number of halogens is 1. The summed E-state index contributed by atoms with van der Waals surface area (Å²) in [5.41, 5.74) is 2.06. The van der Waals surface area contributed by atoms with Crippen molar-refractivity contribution in [2.24, 2.45) is 5.92 Å². The Hall–Kier alpha value is -3.06. The second-order valence-electron chi connectivity index (χ2n) is 10.6. The molecule has 8 nitrogen and oxygen atoms in total. The van der Waals surface area contributed by atoms with Gasteiger partial charge in [-0.25, -0.2) is 4.85 Å². The van der Waals surface area contributed by atoms with Crippen molar-refractivity contribution in [1.29, 1.82) is 0 Å². The van der Waals surface area contributed by atoms with Crippen LogP contribution in [0.25, 0.3) is 4.85 Å². The van der Waals surface area contributed by atoms with Crippen LogP contribution in [0.3, 0.4) is 0 Å². The van der Waals surface area contributed by atoms with Gasteiger partial charge in [-0.15, -0.1) is 0 Å². The average molecular weight is 544 g/mol. The van der Waals surface area contributed by atoms with Crippen molar-refractivity contribution in [3.63, 3.8) is 0 Å². The number of amides is 1. The summed E-state index contributed by atoms with van der Waals surface area (Å²) in [5.74, 6) is -1.32. The topological polar surface area (TPSA) is 103 Å². The third kappa shape index (κ3) is 7.48. The van der Waals surface area contributed by atoms with Crippen LogP contribution in [-0.2, 0) is 15.6 Å². The van der Waals surface area contributed by atoms with E-state index in [9.17, 15) is 19.7 Å². The lowest BCUT2D eigenvalue weighted by Gasteiger charge is -2.40. The van der Waals surface area contributed by atoms with Gasteiger partial charge in [0.15, 0.2) is 14.1 Å². The lowest BCUT2D eigenvalue weighted by molar-refractivity contribution is -0.384. The SMILES string of the molecule is [C-]#[N+]c1ccc(C[C@@H](C(=O)NCC(=O)c2ccc([N+](=O)[O-])cc2)[C@H](C)O[Si](C)(C)C(C)(C)C)c(C)c1Cl. The Morgan fingerprint density at radius 2 is 1.78 bits per heavy atom. The summed E-state index contributed by atoms with van der Waals surface area (Å²) in [7, 11) is -2.21. The molecular weight excluding hydrogens is 510 g/mol. The molecule has 1 N–H and O–H groups in total. The number of ketones is 1. The lowest BCUT2D eigenvalue weighted by atomic mass is 9.91. The van der Waals surface area contributed by atoms with Gasteiger partial charge in [0.25, 0.3) is 5.69 Å². The van der Waals surface area contributed by atoms with Crippen molar-refractivity contribution < 1.29 is 18.9 Å². The number of hydrogen-bond acceptors (Lipinski definition) is 5. The minimum Gasteiger partial charge on any atom is -0.413 e. The molecule has 2 aromatic rings. The molecule has 0 aliphatic heterocycles. The van der Waals surface area contributed by atoms with Crippen LogP contribution >= 0.6 is 11.6 Å². The molecule has 2 atom stereocenters. The van der Waals surface area contributed by atoms with Crippen LogP contribution in [0.1, 0.15) is 49.2 Å². The highest BCUT2D eigenvalue weighted by Gasteiger charge is 2.41. The first-order chi connectivity index (χ1) is 17.1. The number of nitrogens with zero attached hydrogens (tertiary/aromatic N) is 2. The van der Waals surface area contributed by atoms with E-state index in [0.29, 0.717) is 17.1 Å². The van der Waals surface area contributed by atoms with E-state index in [0.717, 1.165) is 11.1 Å². The molecular formula is C27H34ClN3O5Si. The van der Waals surface area contributed by atoms with E-state index >= 15 is 0 Å². The number of Topliss-reactive ketones (excluding diaryl/α,β-unsaturated/α-hetero) is 1. The molecule has 0 aliphatic carbocycles. The summed E-state index contributed by atoms with van der Waals surface area (Å²) >= 11 is 6.38. The largest absolute Gasteiger partial charge is 0.413 e. The number of carbonyl (C=O) groups is 2. The van der Waals surface area contributed by atoms with Crippen molar-refractivity contribution in [2.45, 2.75) is 65.3 Å². The van der Waals surface area contributed by atoms with E-state index in [-0.39, 0.29) is 34.5 Å². The molecule has 0 aromatic heterocycles. The zero-order chi connectivity index (χ0) is 28.1. The van der Waals surface area contributed by atoms with Crippen molar-refractivity contribution in [3.8, 4) is 0 Å². The third-order valence-electron chi connectivity index (χ3n) is 7.05. The number of carbonyl (C=O) groups excluding carboxylic acids is 2. The van der Waals surface area contributed by atoms with Gasteiger partial charge in [0.05, 0.1) is 35.1 Å². The molecule has 2 rings (SSSR count). The minimum atomic E-state index is -2.21.